The molecular weight excluding hydrogens is 170 g/mol. The molecule has 0 aromatic heterocycles. The van der Waals surface area contributed by atoms with Crippen LogP contribution in [0.3, 0.4) is 0 Å². The number of aliphatic carboxylic acids is 1. The number of hydrogen-bond acceptors (Lipinski definition) is 3. The Hall–Kier alpha value is -1.50. The molecule has 0 amide bonds. The summed E-state index contributed by atoms with van der Waals surface area (Å²) in [6.45, 7) is 5.12. The molecule has 0 spiro atoms. The fourth-order valence-corrected chi connectivity index (χ4v) is 0.673. The van der Waals surface area contributed by atoms with Crippen LogP contribution in [0.25, 0.3) is 0 Å². The quantitative estimate of drug-likeness (QED) is 0.532. The minimum absolute atomic E-state index is 0.342. The third-order valence-corrected chi connectivity index (χ3v) is 1.29. The van der Waals surface area contributed by atoms with E-state index < -0.39 is 12.6 Å². The maximum atomic E-state index is 10.2. The lowest BCUT2D eigenvalue weighted by molar-refractivity contribution is -0.141. The molecule has 0 aliphatic rings. The molecule has 0 radical (unpaired) electrons. The largest absolute Gasteiger partial charge is 0.485 e. The van der Waals surface area contributed by atoms with Crippen LogP contribution >= 0.6 is 0 Å². The number of allylic oxidation sites excluding steroid dienone is 2. The van der Waals surface area contributed by atoms with Gasteiger partial charge >= 0.3 is 5.97 Å². The summed E-state index contributed by atoms with van der Waals surface area (Å²) in [5.41, 5.74) is -0.342. The van der Waals surface area contributed by atoms with Gasteiger partial charge < -0.3 is 9.84 Å². The summed E-state index contributed by atoms with van der Waals surface area (Å²) in [4.78, 5) is 10.2. The zero-order chi connectivity index (χ0) is 10.5. The normalized spacial score (nSPS) is 12.0. The Bertz CT molecular complexity index is 255. The van der Waals surface area contributed by atoms with Crippen LogP contribution in [0.4, 0.5) is 0 Å². The van der Waals surface area contributed by atoms with Gasteiger partial charge in [-0.3, -0.25) is 0 Å². The van der Waals surface area contributed by atoms with Gasteiger partial charge in [0.1, 0.15) is 5.76 Å². The fraction of sp³-hybridized carbons (Fsp3) is 0.556. The standard InChI is InChI=1S/C9H13NO3/c1-9(2,3)7(4-5-10)13-6-8(11)12/h4H,6H2,1-3H3,(H,11,12). The molecule has 0 fully saturated rings. The number of nitriles is 1. The van der Waals surface area contributed by atoms with Crippen LogP contribution < -0.4 is 0 Å². The van der Waals surface area contributed by atoms with Gasteiger partial charge in [-0.2, -0.15) is 5.26 Å². The van der Waals surface area contributed by atoms with Crippen molar-refractivity contribution in [1.29, 1.82) is 5.26 Å². The smallest absolute Gasteiger partial charge is 0.341 e. The average molecular weight is 183 g/mol. The van der Waals surface area contributed by atoms with Crippen molar-refractivity contribution in [2.45, 2.75) is 20.8 Å². The third-order valence-electron chi connectivity index (χ3n) is 1.29. The summed E-state index contributed by atoms with van der Waals surface area (Å²) in [6.07, 6.45) is 1.23. The minimum atomic E-state index is -1.05. The Labute approximate surface area is 77.4 Å². The topological polar surface area (TPSA) is 70.3 Å². The highest BCUT2D eigenvalue weighted by molar-refractivity contribution is 5.68. The van der Waals surface area contributed by atoms with Gasteiger partial charge in [-0.25, -0.2) is 4.79 Å². The van der Waals surface area contributed by atoms with Crippen LogP contribution in [0.2, 0.25) is 0 Å². The first-order valence-electron chi connectivity index (χ1n) is 3.83. The number of hydrogen-bond donors (Lipinski definition) is 1. The van der Waals surface area contributed by atoms with E-state index in [2.05, 4.69) is 0 Å². The number of rotatable bonds is 3. The molecule has 0 heterocycles. The molecule has 0 atom stereocenters. The summed E-state index contributed by atoms with van der Waals surface area (Å²) in [5, 5.41) is 16.8. The summed E-state index contributed by atoms with van der Waals surface area (Å²) in [7, 11) is 0. The maximum Gasteiger partial charge on any atom is 0.341 e. The number of carbonyl (C=O) groups is 1. The van der Waals surface area contributed by atoms with E-state index in [9.17, 15) is 4.79 Å². The Balaban J connectivity index is 4.40. The molecule has 0 rings (SSSR count). The molecule has 0 unspecified atom stereocenters. The monoisotopic (exact) mass is 183 g/mol. The highest BCUT2D eigenvalue weighted by atomic mass is 16.5. The van der Waals surface area contributed by atoms with Gasteiger partial charge in [-0.05, 0) is 0 Å². The Morgan fingerprint density at radius 3 is 2.46 bits per heavy atom. The van der Waals surface area contributed by atoms with Crippen molar-refractivity contribution < 1.29 is 14.6 Å². The number of nitrogens with zero attached hydrogens (tertiary/aromatic N) is 1. The molecule has 72 valence electrons. The van der Waals surface area contributed by atoms with Gasteiger partial charge in [-0.1, -0.05) is 20.8 Å². The first-order chi connectivity index (χ1) is 5.88. The van der Waals surface area contributed by atoms with Crippen molar-refractivity contribution in [3.8, 4) is 6.07 Å². The fourth-order valence-electron chi connectivity index (χ4n) is 0.673. The van der Waals surface area contributed by atoms with E-state index in [0.717, 1.165) is 0 Å². The van der Waals surface area contributed by atoms with E-state index >= 15 is 0 Å². The van der Waals surface area contributed by atoms with Crippen LogP contribution in [0.5, 0.6) is 0 Å². The molecular formula is C9H13NO3. The molecule has 0 saturated carbocycles. The van der Waals surface area contributed by atoms with Crippen molar-refractivity contribution in [2.75, 3.05) is 6.61 Å². The van der Waals surface area contributed by atoms with Gasteiger partial charge in [0.25, 0.3) is 0 Å². The third kappa shape index (κ3) is 4.86. The van der Waals surface area contributed by atoms with Gasteiger partial charge in [0, 0.05) is 5.41 Å². The Morgan fingerprint density at radius 1 is 1.62 bits per heavy atom. The van der Waals surface area contributed by atoms with Crippen molar-refractivity contribution >= 4 is 5.97 Å². The van der Waals surface area contributed by atoms with Crippen LogP contribution in [0, 0.1) is 16.7 Å². The summed E-state index contributed by atoms with van der Waals surface area (Å²) < 4.78 is 4.95. The van der Waals surface area contributed by atoms with E-state index in [1.807, 2.05) is 26.8 Å². The number of ether oxygens (including phenoxy) is 1. The highest BCUT2D eigenvalue weighted by Gasteiger charge is 2.19. The molecule has 0 bridgehead atoms. The lowest BCUT2D eigenvalue weighted by atomic mass is 9.93. The van der Waals surface area contributed by atoms with Gasteiger partial charge in [0.2, 0.25) is 0 Å². The maximum absolute atomic E-state index is 10.2. The first kappa shape index (κ1) is 11.5. The second kappa shape index (κ2) is 4.51. The van der Waals surface area contributed by atoms with E-state index in [0.29, 0.717) is 5.76 Å². The van der Waals surface area contributed by atoms with Crippen molar-refractivity contribution in [2.24, 2.45) is 5.41 Å². The van der Waals surface area contributed by atoms with E-state index in [4.69, 9.17) is 15.1 Å². The molecule has 0 saturated heterocycles. The average Bonchev–Trinajstić information content (AvgIpc) is 1.95. The van der Waals surface area contributed by atoms with Crippen molar-refractivity contribution in [3.05, 3.63) is 11.8 Å². The van der Waals surface area contributed by atoms with E-state index in [-0.39, 0.29) is 5.41 Å². The van der Waals surface area contributed by atoms with E-state index in [1.54, 1.807) is 0 Å². The molecule has 0 aliphatic heterocycles. The lowest BCUT2D eigenvalue weighted by Gasteiger charge is -2.21. The van der Waals surface area contributed by atoms with Crippen molar-refractivity contribution in [3.63, 3.8) is 0 Å². The molecule has 4 nitrogen and oxygen atoms in total. The Morgan fingerprint density at radius 2 is 2.15 bits per heavy atom. The zero-order valence-corrected chi connectivity index (χ0v) is 8.00. The molecule has 1 N–H and O–H groups in total. The predicted octanol–water partition coefficient (Wildman–Crippen LogP) is 1.54. The van der Waals surface area contributed by atoms with Crippen LogP contribution in [-0.4, -0.2) is 17.7 Å². The SMILES string of the molecule is CC(C)(C)C(=CC#N)OCC(=O)O. The summed E-state index contributed by atoms with van der Waals surface area (Å²) >= 11 is 0. The molecule has 0 aromatic carbocycles. The molecule has 13 heavy (non-hydrogen) atoms. The van der Waals surface area contributed by atoms with Crippen LogP contribution in [0.1, 0.15) is 20.8 Å². The van der Waals surface area contributed by atoms with Crippen LogP contribution in [0.15, 0.2) is 11.8 Å². The predicted molar refractivity (Wildman–Crippen MR) is 46.7 cm³/mol. The van der Waals surface area contributed by atoms with Gasteiger partial charge in [0.05, 0.1) is 12.1 Å². The number of carboxylic acids is 1. The zero-order valence-electron chi connectivity index (χ0n) is 8.00. The van der Waals surface area contributed by atoms with E-state index in [1.165, 1.54) is 6.08 Å². The summed E-state index contributed by atoms with van der Waals surface area (Å²) in [6, 6.07) is 1.82. The van der Waals surface area contributed by atoms with Gasteiger partial charge in [0.15, 0.2) is 6.61 Å². The second-order valence-electron chi connectivity index (χ2n) is 3.57. The molecule has 4 heteroatoms. The van der Waals surface area contributed by atoms with Crippen molar-refractivity contribution in [1.82, 2.24) is 0 Å². The lowest BCUT2D eigenvalue weighted by Crippen LogP contribution is -2.16. The Kier molecular flexibility index (Phi) is 3.99. The second-order valence-corrected chi connectivity index (χ2v) is 3.57. The molecule has 0 aliphatic carbocycles. The van der Waals surface area contributed by atoms with Crippen LogP contribution in [-0.2, 0) is 9.53 Å². The molecule has 0 aromatic rings. The highest BCUT2D eigenvalue weighted by Crippen LogP contribution is 2.25. The minimum Gasteiger partial charge on any atom is -0.485 e. The summed E-state index contributed by atoms with van der Waals surface area (Å²) in [5.74, 6) is -0.662. The number of carboxylic acid groups (broad SMARTS) is 1. The van der Waals surface area contributed by atoms with Gasteiger partial charge in [-0.15, -0.1) is 0 Å². The first-order valence-corrected chi connectivity index (χ1v) is 3.83.